The van der Waals surface area contributed by atoms with E-state index in [2.05, 4.69) is 33.0 Å². The average Bonchev–Trinajstić information content (AvgIpc) is 2.43. The minimum absolute atomic E-state index is 0.242. The van der Waals surface area contributed by atoms with Crippen molar-refractivity contribution < 1.29 is 9.47 Å². The number of hydrogen-bond donors (Lipinski definition) is 1. The second-order valence-electron chi connectivity index (χ2n) is 5.50. The first kappa shape index (κ1) is 16.8. The van der Waals surface area contributed by atoms with Crippen molar-refractivity contribution in [2.45, 2.75) is 59.1 Å². The van der Waals surface area contributed by atoms with Crippen LogP contribution in [-0.2, 0) is 0 Å². The molecule has 0 fully saturated rings. The van der Waals surface area contributed by atoms with E-state index < -0.39 is 0 Å². The van der Waals surface area contributed by atoms with Crippen LogP contribution in [0.15, 0.2) is 24.3 Å². The molecule has 0 bridgehead atoms. The standard InChI is InChI=1S/C17H29NO2/c1-5-13-19-16-8-10-17(11-9-16)20-15(4)7-6-12-18-14(2)3/h8-11,14-15,18H,5-7,12-13H2,1-4H3. The summed E-state index contributed by atoms with van der Waals surface area (Å²) in [6, 6.07) is 8.46. The molecule has 0 spiro atoms. The molecule has 20 heavy (non-hydrogen) atoms. The van der Waals surface area contributed by atoms with Crippen LogP contribution in [0.1, 0.15) is 47.0 Å². The van der Waals surface area contributed by atoms with Gasteiger partial charge in [-0.1, -0.05) is 20.8 Å². The number of nitrogens with one attached hydrogen (secondary N) is 1. The van der Waals surface area contributed by atoms with Crippen molar-refractivity contribution in [1.82, 2.24) is 5.32 Å². The van der Waals surface area contributed by atoms with Crippen LogP contribution in [0.5, 0.6) is 11.5 Å². The van der Waals surface area contributed by atoms with Crippen LogP contribution in [0.2, 0.25) is 0 Å². The van der Waals surface area contributed by atoms with Crippen LogP contribution >= 0.6 is 0 Å². The van der Waals surface area contributed by atoms with Gasteiger partial charge in [0, 0.05) is 6.04 Å². The van der Waals surface area contributed by atoms with Crippen LogP contribution in [0.25, 0.3) is 0 Å². The van der Waals surface area contributed by atoms with E-state index in [1.807, 2.05) is 24.3 Å². The molecular weight excluding hydrogens is 250 g/mol. The summed E-state index contributed by atoms with van der Waals surface area (Å²) >= 11 is 0. The Hall–Kier alpha value is -1.22. The molecule has 0 saturated heterocycles. The fourth-order valence-corrected chi connectivity index (χ4v) is 1.91. The van der Waals surface area contributed by atoms with Gasteiger partial charge in [-0.15, -0.1) is 0 Å². The summed E-state index contributed by atoms with van der Waals surface area (Å²) in [5.74, 6) is 1.83. The lowest BCUT2D eigenvalue weighted by molar-refractivity contribution is 0.206. The molecule has 1 atom stereocenters. The maximum atomic E-state index is 5.90. The van der Waals surface area contributed by atoms with Gasteiger partial charge in [0.1, 0.15) is 11.5 Å². The predicted molar refractivity (Wildman–Crippen MR) is 84.7 cm³/mol. The Morgan fingerprint density at radius 3 is 2.30 bits per heavy atom. The molecule has 1 unspecified atom stereocenters. The van der Waals surface area contributed by atoms with Crippen LogP contribution < -0.4 is 14.8 Å². The second kappa shape index (κ2) is 9.65. The monoisotopic (exact) mass is 279 g/mol. The first-order valence-corrected chi connectivity index (χ1v) is 7.74. The highest BCUT2D eigenvalue weighted by molar-refractivity contribution is 5.31. The van der Waals surface area contributed by atoms with Crippen LogP contribution in [0.4, 0.5) is 0 Å². The molecule has 3 nitrogen and oxygen atoms in total. The van der Waals surface area contributed by atoms with Gasteiger partial charge in [0.15, 0.2) is 0 Å². The summed E-state index contributed by atoms with van der Waals surface area (Å²) < 4.78 is 11.5. The molecule has 0 aliphatic rings. The summed E-state index contributed by atoms with van der Waals surface area (Å²) in [5.41, 5.74) is 0. The average molecular weight is 279 g/mol. The van der Waals surface area contributed by atoms with Gasteiger partial charge in [0.25, 0.3) is 0 Å². The molecule has 1 aromatic rings. The summed E-state index contributed by atoms with van der Waals surface area (Å²) in [5, 5.41) is 3.42. The molecule has 0 heterocycles. The topological polar surface area (TPSA) is 30.5 Å². The lowest BCUT2D eigenvalue weighted by atomic mass is 10.2. The predicted octanol–water partition coefficient (Wildman–Crippen LogP) is 4.02. The molecule has 1 N–H and O–H groups in total. The maximum absolute atomic E-state index is 5.90. The van der Waals surface area contributed by atoms with Crippen molar-refractivity contribution in [2.24, 2.45) is 0 Å². The van der Waals surface area contributed by atoms with Crippen LogP contribution in [-0.4, -0.2) is 25.3 Å². The molecule has 114 valence electrons. The normalized spacial score (nSPS) is 12.4. The molecule has 0 aliphatic carbocycles. The number of rotatable bonds is 10. The summed E-state index contributed by atoms with van der Waals surface area (Å²) in [6.07, 6.45) is 3.47. The molecular formula is C17H29NO2. The van der Waals surface area contributed by atoms with Crippen LogP contribution in [0.3, 0.4) is 0 Å². The van der Waals surface area contributed by atoms with E-state index in [0.29, 0.717) is 6.04 Å². The Kier molecular flexibility index (Phi) is 8.12. The second-order valence-corrected chi connectivity index (χ2v) is 5.50. The Morgan fingerprint density at radius 2 is 1.70 bits per heavy atom. The molecule has 0 amide bonds. The zero-order valence-electron chi connectivity index (χ0n) is 13.3. The Balaban J connectivity index is 2.25. The Labute approximate surface area is 123 Å². The molecule has 1 aromatic carbocycles. The molecule has 3 heteroatoms. The number of benzene rings is 1. The number of ether oxygens (including phenoxy) is 2. The van der Waals surface area contributed by atoms with E-state index in [1.165, 1.54) is 0 Å². The van der Waals surface area contributed by atoms with Gasteiger partial charge in [0.2, 0.25) is 0 Å². The van der Waals surface area contributed by atoms with Gasteiger partial charge in [-0.2, -0.15) is 0 Å². The smallest absolute Gasteiger partial charge is 0.119 e. The third-order valence-corrected chi connectivity index (χ3v) is 2.97. The van der Waals surface area contributed by atoms with Crippen LogP contribution in [0, 0.1) is 0 Å². The van der Waals surface area contributed by atoms with E-state index in [4.69, 9.17) is 9.47 Å². The first-order valence-electron chi connectivity index (χ1n) is 7.74. The van der Waals surface area contributed by atoms with E-state index >= 15 is 0 Å². The fourth-order valence-electron chi connectivity index (χ4n) is 1.91. The largest absolute Gasteiger partial charge is 0.494 e. The quantitative estimate of drug-likeness (QED) is 0.656. The van der Waals surface area contributed by atoms with E-state index in [-0.39, 0.29) is 6.10 Å². The van der Waals surface area contributed by atoms with E-state index in [1.54, 1.807) is 0 Å². The maximum Gasteiger partial charge on any atom is 0.119 e. The van der Waals surface area contributed by atoms with Crippen molar-refractivity contribution >= 4 is 0 Å². The van der Waals surface area contributed by atoms with Gasteiger partial charge < -0.3 is 14.8 Å². The lowest BCUT2D eigenvalue weighted by Gasteiger charge is -2.16. The fraction of sp³-hybridized carbons (Fsp3) is 0.647. The van der Waals surface area contributed by atoms with Gasteiger partial charge in [-0.05, 0) is 57.0 Å². The van der Waals surface area contributed by atoms with Crippen molar-refractivity contribution in [1.29, 1.82) is 0 Å². The minimum atomic E-state index is 0.242. The third-order valence-electron chi connectivity index (χ3n) is 2.97. The Morgan fingerprint density at radius 1 is 1.05 bits per heavy atom. The van der Waals surface area contributed by atoms with Gasteiger partial charge >= 0.3 is 0 Å². The first-order chi connectivity index (χ1) is 9.61. The summed E-state index contributed by atoms with van der Waals surface area (Å²) in [4.78, 5) is 0. The van der Waals surface area contributed by atoms with Crippen molar-refractivity contribution in [3.05, 3.63) is 24.3 Å². The summed E-state index contributed by atoms with van der Waals surface area (Å²) in [6.45, 7) is 10.4. The molecule has 0 aromatic heterocycles. The highest BCUT2D eigenvalue weighted by Crippen LogP contribution is 2.19. The van der Waals surface area contributed by atoms with E-state index in [0.717, 1.165) is 43.9 Å². The number of hydrogen-bond acceptors (Lipinski definition) is 3. The molecule has 0 aliphatic heterocycles. The van der Waals surface area contributed by atoms with E-state index in [9.17, 15) is 0 Å². The lowest BCUT2D eigenvalue weighted by Crippen LogP contribution is -2.25. The molecule has 0 radical (unpaired) electrons. The van der Waals surface area contributed by atoms with Gasteiger partial charge in [-0.25, -0.2) is 0 Å². The van der Waals surface area contributed by atoms with Crippen molar-refractivity contribution in [3.8, 4) is 11.5 Å². The minimum Gasteiger partial charge on any atom is -0.494 e. The third kappa shape index (κ3) is 7.39. The molecule has 0 saturated carbocycles. The highest BCUT2D eigenvalue weighted by atomic mass is 16.5. The van der Waals surface area contributed by atoms with Crippen molar-refractivity contribution in [2.75, 3.05) is 13.2 Å². The van der Waals surface area contributed by atoms with Gasteiger partial charge in [0.05, 0.1) is 12.7 Å². The zero-order valence-corrected chi connectivity index (χ0v) is 13.3. The SMILES string of the molecule is CCCOc1ccc(OC(C)CCCNC(C)C)cc1. The van der Waals surface area contributed by atoms with Gasteiger partial charge in [-0.3, -0.25) is 0 Å². The molecule has 1 rings (SSSR count). The highest BCUT2D eigenvalue weighted by Gasteiger charge is 2.04. The zero-order chi connectivity index (χ0) is 14.8. The summed E-state index contributed by atoms with van der Waals surface area (Å²) in [7, 11) is 0. The Bertz CT molecular complexity index is 349. The van der Waals surface area contributed by atoms with Crippen molar-refractivity contribution in [3.63, 3.8) is 0 Å².